The summed E-state index contributed by atoms with van der Waals surface area (Å²) in [5.41, 5.74) is 2.83. The van der Waals surface area contributed by atoms with Crippen LogP contribution in [0.25, 0.3) is 10.9 Å². The summed E-state index contributed by atoms with van der Waals surface area (Å²) < 4.78 is 56.5. The molecular weight excluding hydrogens is 436 g/mol. The third kappa shape index (κ3) is 4.35. The first-order chi connectivity index (χ1) is 14.7. The molecule has 2 atom stereocenters. The molecule has 0 bridgehead atoms. The fourth-order valence-corrected chi connectivity index (χ4v) is 9.04. The number of nitrogens with one attached hydrogen (secondary N) is 2. The number of hydrogen-bond donors (Lipinski definition) is 2. The molecule has 3 aromatic rings. The summed E-state index contributed by atoms with van der Waals surface area (Å²) in [6.45, 7) is 2.25. The van der Waals surface area contributed by atoms with Crippen LogP contribution in [0.2, 0.25) is 0 Å². The first-order valence-electron chi connectivity index (χ1n) is 10.1. The summed E-state index contributed by atoms with van der Waals surface area (Å²) in [7, 11) is -5.76. The van der Waals surface area contributed by atoms with Crippen LogP contribution >= 0.6 is 0 Å². The number of H-pyrrole nitrogens is 1. The Hall–Kier alpha value is -2.36. The lowest BCUT2D eigenvalue weighted by atomic mass is 10.1. The average Bonchev–Trinajstić information content (AvgIpc) is 3.28. The Morgan fingerprint density at radius 1 is 1.16 bits per heavy atom. The van der Waals surface area contributed by atoms with E-state index in [2.05, 4.69) is 10.3 Å². The summed E-state index contributed by atoms with van der Waals surface area (Å²) in [4.78, 5) is 3.34. The second kappa shape index (κ2) is 8.29. The molecule has 0 aliphatic carbocycles. The molecule has 166 valence electrons. The minimum atomic E-state index is -3.83. The molecule has 2 N–H and O–H groups in total. The predicted molar refractivity (Wildman–Crippen MR) is 121 cm³/mol. The molecule has 0 saturated carbocycles. The fraction of sp³-hybridized carbons (Fsp3) is 0.364. The Bertz CT molecular complexity index is 1310. The van der Waals surface area contributed by atoms with Crippen molar-refractivity contribution in [1.29, 1.82) is 0 Å². The maximum Gasteiger partial charge on any atom is 0.183 e. The van der Waals surface area contributed by atoms with Gasteiger partial charge in [-0.2, -0.15) is 0 Å². The van der Waals surface area contributed by atoms with Crippen LogP contribution in [0.5, 0.6) is 5.75 Å². The Morgan fingerprint density at radius 3 is 2.68 bits per heavy atom. The number of fused-ring (bicyclic) bond motifs is 1. The minimum absolute atomic E-state index is 0.122. The summed E-state index contributed by atoms with van der Waals surface area (Å²) in [6.07, 6.45) is 2.60. The van der Waals surface area contributed by atoms with Crippen LogP contribution < -0.4 is 10.1 Å². The third-order valence-corrected chi connectivity index (χ3v) is 10.0. The van der Waals surface area contributed by atoms with Gasteiger partial charge >= 0.3 is 0 Å². The Labute approximate surface area is 182 Å². The summed E-state index contributed by atoms with van der Waals surface area (Å²) in [5, 5.41) is 3.30. The third-order valence-electron chi connectivity index (χ3n) is 5.87. The highest BCUT2D eigenvalue weighted by Gasteiger charge is 2.45. The lowest BCUT2D eigenvalue weighted by Crippen LogP contribution is -2.44. The van der Waals surface area contributed by atoms with Gasteiger partial charge < -0.3 is 15.0 Å². The molecule has 2 heterocycles. The number of hydrogen-bond acceptors (Lipinski definition) is 6. The highest BCUT2D eigenvalue weighted by atomic mass is 32.2. The molecule has 2 aromatic carbocycles. The number of rotatable bonds is 7. The molecular formula is C22H26N2O5S2. The molecule has 1 fully saturated rings. The molecule has 4 rings (SSSR count). The molecule has 1 saturated heterocycles. The molecule has 0 radical (unpaired) electrons. The van der Waals surface area contributed by atoms with Gasteiger partial charge in [0.15, 0.2) is 19.7 Å². The number of para-hydroxylation sites is 1. The van der Waals surface area contributed by atoms with Crippen LogP contribution in [0, 0.1) is 6.92 Å². The number of methoxy groups -OCH3 is 1. The van der Waals surface area contributed by atoms with E-state index in [9.17, 15) is 16.8 Å². The molecule has 7 nitrogen and oxygen atoms in total. The molecule has 0 amide bonds. The molecule has 9 heteroatoms. The minimum Gasteiger partial charge on any atom is -0.496 e. The summed E-state index contributed by atoms with van der Waals surface area (Å²) in [6, 6.07) is 11.9. The Morgan fingerprint density at radius 2 is 1.94 bits per heavy atom. The van der Waals surface area contributed by atoms with E-state index in [0.29, 0.717) is 24.3 Å². The Kier molecular flexibility index (Phi) is 5.85. The zero-order chi connectivity index (χ0) is 22.2. The van der Waals surface area contributed by atoms with Crippen LogP contribution in [0.3, 0.4) is 0 Å². The van der Waals surface area contributed by atoms with Crippen molar-refractivity contribution in [2.45, 2.75) is 29.5 Å². The van der Waals surface area contributed by atoms with Crippen molar-refractivity contribution < 1.29 is 21.6 Å². The van der Waals surface area contributed by atoms with E-state index >= 15 is 0 Å². The van der Waals surface area contributed by atoms with Crippen molar-refractivity contribution in [2.75, 3.05) is 25.2 Å². The monoisotopic (exact) mass is 462 g/mol. The van der Waals surface area contributed by atoms with Crippen LogP contribution in [0.1, 0.15) is 11.1 Å². The van der Waals surface area contributed by atoms with Gasteiger partial charge in [-0.1, -0.05) is 18.2 Å². The topological polar surface area (TPSA) is 105 Å². The lowest BCUT2D eigenvalue weighted by Gasteiger charge is -2.20. The summed E-state index contributed by atoms with van der Waals surface area (Å²) >= 11 is 0. The first kappa shape index (κ1) is 21.9. The molecule has 1 aliphatic heterocycles. The first-order valence-corrected chi connectivity index (χ1v) is 13.5. The fourth-order valence-electron chi connectivity index (χ4n) is 4.24. The highest BCUT2D eigenvalue weighted by Crippen LogP contribution is 2.29. The van der Waals surface area contributed by atoms with Crippen LogP contribution in [-0.4, -0.2) is 58.3 Å². The van der Waals surface area contributed by atoms with Crippen molar-refractivity contribution in [1.82, 2.24) is 10.3 Å². The average molecular weight is 463 g/mol. The lowest BCUT2D eigenvalue weighted by molar-refractivity contribution is 0.411. The van der Waals surface area contributed by atoms with Gasteiger partial charge in [0.05, 0.1) is 28.8 Å². The van der Waals surface area contributed by atoms with Crippen molar-refractivity contribution in [3.05, 3.63) is 59.8 Å². The maximum atomic E-state index is 13.3. The van der Waals surface area contributed by atoms with Crippen molar-refractivity contribution in [3.63, 3.8) is 0 Å². The number of ether oxygens (including phenoxy) is 1. The number of benzene rings is 2. The zero-order valence-corrected chi connectivity index (χ0v) is 19.1. The largest absolute Gasteiger partial charge is 0.496 e. The maximum absolute atomic E-state index is 13.3. The van der Waals surface area contributed by atoms with Gasteiger partial charge in [0.1, 0.15) is 5.75 Å². The van der Waals surface area contributed by atoms with Gasteiger partial charge in [-0.05, 0) is 55.3 Å². The molecule has 0 spiro atoms. The van der Waals surface area contributed by atoms with Gasteiger partial charge in [0.25, 0.3) is 0 Å². The molecule has 31 heavy (non-hydrogen) atoms. The number of aromatic amines is 1. The summed E-state index contributed by atoms with van der Waals surface area (Å²) in [5.74, 6) is 0.0387. The molecule has 1 aromatic heterocycles. The van der Waals surface area contributed by atoms with Gasteiger partial charge in [0.2, 0.25) is 0 Å². The Balaban J connectivity index is 1.53. The van der Waals surface area contributed by atoms with Crippen molar-refractivity contribution >= 4 is 30.6 Å². The van der Waals surface area contributed by atoms with Crippen molar-refractivity contribution in [2.24, 2.45) is 0 Å². The smallest absolute Gasteiger partial charge is 0.183 e. The van der Waals surface area contributed by atoms with E-state index in [0.717, 1.165) is 16.5 Å². The van der Waals surface area contributed by atoms with E-state index in [4.69, 9.17) is 4.74 Å². The van der Waals surface area contributed by atoms with E-state index in [1.165, 1.54) is 13.2 Å². The van der Waals surface area contributed by atoms with Gasteiger partial charge in [-0.15, -0.1) is 0 Å². The van der Waals surface area contributed by atoms with Crippen LogP contribution in [0.4, 0.5) is 0 Å². The van der Waals surface area contributed by atoms with Gasteiger partial charge in [0, 0.05) is 23.1 Å². The zero-order valence-electron chi connectivity index (χ0n) is 17.5. The predicted octanol–water partition coefficient (Wildman–Crippen LogP) is 2.26. The van der Waals surface area contributed by atoms with Gasteiger partial charge in [-0.3, -0.25) is 0 Å². The van der Waals surface area contributed by atoms with E-state index in [1.54, 1.807) is 19.1 Å². The second-order valence-corrected chi connectivity index (χ2v) is 12.3. The number of sulfone groups is 2. The highest BCUT2D eigenvalue weighted by molar-refractivity contribution is 7.96. The number of aryl methyl sites for hydroxylation is 1. The molecule has 0 unspecified atom stereocenters. The van der Waals surface area contributed by atoms with E-state index in [-0.39, 0.29) is 16.4 Å². The second-order valence-electron chi connectivity index (χ2n) is 7.96. The SMILES string of the molecule is COc1ccc(S(=O)(=O)[C@@H]2CS(=O)(=O)C[C@@H]2NCCc2c[nH]c3ccccc23)cc1C. The van der Waals surface area contributed by atoms with E-state index < -0.39 is 31.0 Å². The van der Waals surface area contributed by atoms with Crippen molar-refractivity contribution in [3.8, 4) is 5.75 Å². The normalized spacial score (nSPS) is 20.8. The van der Waals surface area contributed by atoms with Crippen LogP contribution in [-0.2, 0) is 26.1 Å². The standard InChI is InChI=1S/C22H26N2O5S2/c1-15-11-17(7-8-21(15)29-2)31(27,28)22-14-30(25,26)13-20(22)23-10-9-16-12-24-19-6-4-3-5-18(16)19/h3-8,11-12,20,22-24H,9-10,13-14H2,1-2H3/t20-,22+/m0/s1. The van der Waals surface area contributed by atoms with Crippen LogP contribution in [0.15, 0.2) is 53.6 Å². The van der Waals surface area contributed by atoms with E-state index in [1.807, 2.05) is 30.5 Å². The number of aromatic nitrogens is 1. The van der Waals surface area contributed by atoms with Gasteiger partial charge in [-0.25, -0.2) is 16.8 Å². The molecule has 1 aliphatic rings. The quantitative estimate of drug-likeness (QED) is 0.558.